The van der Waals surface area contributed by atoms with Crippen LogP contribution in [0.25, 0.3) is 0 Å². The van der Waals surface area contributed by atoms with Crippen LogP contribution >= 0.6 is 11.6 Å². The summed E-state index contributed by atoms with van der Waals surface area (Å²) in [6.07, 6.45) is 1.38. The van der Waals surface area contributed by atoms with Gasteiger partial charge in [-0.05, 0) is 35.9 Å². The molecule has 0 aliphatic rings. The molecule has 0 saturated heterocycles. The van der Waals surface area contributed by atoms with Gasteiger partial charge in [0.25, 0.3) is 0 Å². The predicted molar refractivity (Wildman–Crippen MR) is 123 cm³/mol. The Balaban J connectivity index is 1.63. The van der Waals surface area contributed by atoms with Crippen molar-refractivity contribution in [3.63, 3.8) is 0 Å². The molecule has 0 spiro atoms. The maximum absolute atomic E-state index is 14.7. The van der Waals surface area contributed by atoms with Gasteiger partial charge in [0.05, 0.1) is 18.2 Å². The number of pyridine rings is 1. The average molecular weight is 479 g/mol. The molecule has 0 saturated carbocycles. The third-order valence-corrected chi connectivity index (χ3v) is 5.03. The topological polar surface area (TPSA) is 115 Å². The molecule has 1 N–H and O–H groups in total. The van der Waals surface area contributed by atoms with Gasteiger partial charge in [0.15, 0.2) is 11.6 Å². The molecule has 0 fully saturated rings. The van der Waals surface area contributed by atoms with Crippen molar-refractivity contribution in [3.05, 3.63) is 104 Å². The Hall–Kier alpha value is -4.49. The van der Waals surface area contributed by atoms with Gasteiger partial charge in [0.2, 0.25) is 11.8 Å². The van der Waals surface area contributed by atoms with E-state index in [1.807, 2.05) is 6.07 Å². The van der Waals surface area contributed by atoms with E-state index in [0.717, 1.165) is 16.2 Å². The Morgan fingerprint density at radius 2 is 1.91 bits per heavy atom. The van der Waals surface area contributed by atoms with Crippen LogP contribution < -0.4 is 21.4 Å². The van der Waals surface area contributed by atoms with Gasteiger partial charge < -0.3 is 10.1 Å². The van der Waals surface area contributed by atoms with Gasteiger partial charge >= 0.3 is 11.4 Å². The van der Waals surface area contributed by atoms with Crippen LogP contribution in [0, 0.1) is 17.1 Å². The zero-order valence-corrected chi connectivity index (χ0v) is 18.5. The van der Waals surface area contributed by atoms with E-state index in [1.165, 1.54) is 42.1 Å². The lowest BCUT2D eigenvalue weighted by molar-refractivity contribution is 0.427. The normalized spacial score (nSPS) is 10.5. The fourth-order valence-corrected chi connectivity index (χ4v) is 3.15. The van der Waals surface area contributed by atoms with Crippen LogP contribution in [0.3, 0.4) is 0 Å². The fraction of sp³-hybridized carbons (Fsp3) is 0.0870. The van der Waals surface area contributed by atoms with E-state index in [-0.39, 0.29) is 29.8 Å². The minimum atomic E-state index is -0.760. The molecule has 2 aromatic carbocycles. The molecular weight excluding hydrogens is 463 g/mol. The second-order valence-electron chi connectivity index (χ2n) is 7.14. The smallest absolute Gasteiger partial charge is 0.354 e. The second-order valence-corrected chi connectivity index (χ2v) is 7.58. The van der Waals surface area contributed by atoms with Crippen molar-refractivity contribution in [2.45, 2.75) is 6.54 Å². The van der Waals surface area contributed by atoms with Gasteiger partial charge in [-0.1, -0.05) is 23.7 Å². The lowest BCUT2D eigenvalue weighted by atomic mass is 10.2. The van der Waals surface area contributed by atoms with Crippen molar-refractivity contribution < 1.29 is 9.13 Å². The lowest BCUT2D eigenvalue weighted by Crippen LogP contribution is -2.41. The quantitative estimate of drug-likeness (QED) is 0.450. The number of rotatable bonds is 6. The van der Waals surface area contributed by atoms with E-state index in [0.29, 0.717) is 10.6 Å². The maximum Gasteiger partial charge on any atom is 0.354 e. The van der Waals surface area contributed by atoms with Crippen LogP contribution in [0.1, 0.15) is 11.1 Å². The summed E-state index contributed by atoms with van der Waals surface area (Å²) < 4.78 is 22.3. The van der Waals surface area contributed by atoms with Gasteiger partial charge in [0.1, 0.15) is 0 Å². The molecule has 0 aliphatic carbocycles. The fourth-order valence-electron chi connectivity index (χ4n) is 3.03. The molecule has 11 heteroatoms. The summed E-state index contributed by atoms with van der Waals surface area (Å²) in [6, 6.07) is 15.6. The molecule has 34 heavy (non-hydrogen) atoms. The number of hydrogen-bond acceptors (Lipinski definition) is 7. The first-order valence-electron chi connectivity index (χ1n) is 9.87. The molecule has 0 atom stereocenters. The highest BCUT2D eigenvalue weighted by Crippen LogP contribution is 2.27. The van der Waals surface area contributed by atoms with E-state index in [1.54, 1.807) is 24.3 Å². The third kappa shape index (κ3) is 4.95. The van der Waals surface area contributed by atoms with Gasteiger partial charge in [-0.2, -0.15) is 10.2 Å². The molecule has 9 nitrogen and oxygen atoms in total. The summed E-state index contributed by atoms with van der Waals surface area (Å²) in [7, 11) is 1.32. The molecule has 4 aromatic rings. The monoisotopic (exact) mass is 478 g/mol. The number of ether oxygens (including phenoxy) is 1. The SMILES string of the molecule is Cn1c(=O)nc(Nc2ccc(Oc3cc(C#N)ccn3)c(F)c2)n(Cc2ccc(Cl)cc2)c1=O. The van der Waals surface area contributed by atoms with E-state index in [9.17, 15) is 14.0 Å². The van der Waals surface area contributed by atoms with Gasteiger partial charge in [-0.25, -0.2) is 23.5 Å². The number of nitriles is 1. The third-order valence-electron chi connectivity index (χ3n) is 4.78. The minimum Gasteiger partial charge on any atom is -0.436 e. The van der Waals surface area contributed by atoms with Crippen molar-refractivity contribution >= 4 is 23.2 Å². The number of hydrogen-bond donors (Lipinski definition) is 1. The van der Waals surface area contributed by atoms with E-state index in [2.05, 4.69) is 15.3 Å². The Labute approximate surface area is 197 Å². The summed E-state index contributed by atoms with van der Waals surface area (Å²) in [4.78, 5) is 32.7. The number of anilines is 2. The number of nitrogens with one attached hydrogen (secondary N) is 1. The standard InChI is InChI=1S/C23H16ClFN6O3/c1-30-22(32)29-21(31(23(30)33)13-14-2-4-16(24)5-3-14)28-17-6-7-19(18(25)11-17)34-20-10-15(12-26)8-9-27-20/h2-11H,13H2,1H3,(H,28,29,32). The second kappa shape index (κ2) is 9.56. The summed E-state index contributed by atoms with van der Waals surface area (Å²) in [5.41, 5.74) is -0.0604. The molecule has 0 unspecified atom stereocenters. The molecule has 0 aliphatic heterocycles. The zero-order chi connectivity index (χ0) is 24.2. The lowest BCUT2D eigenvalue weighted by Gasteiger charge is -2.15. The summed E-state index contributed by atoms with van der Waals surface area (Å²) >= 11 is 5.92. The summed E-state index contributed by atoms with van der Waals surface area (Å²) in [5.74, 6) is -0.851. The van der Waals surface area contributed by atoms with Gasteiger partial charge in [-0.3, -0.25) is 4.57 Å². The highest BCUT2D eigenvalue weighted by Gasteiger charge is 2.14. The van der Waals surface area contributed by atoms with Crippen LogP contribution in [0.2, 0.25) is 5.02 Å². The first-order valence-corrected chi connectivity index (χ1v) is 10.2. The van der Waals surface area contributed by atoms with Crippen molar-refractivity contribution in [1.29, 1.82) is 5.26 Å². The zero-order valence-electron chi connectivity index (χ0n) is 17.7. The number of aromatic nitrogens is 4. The Morgan fingerprint density at radius 3 is 2.62 bits per heavy atom. The van der Waals surface area contributed by atoms with Crippen LogP contribution in [0.4, 0.5) is 16.0 Å². The first-order chi connectivity index (χ1) is 16.3. The molecule has 0 amide bonds. The molecule has 0 radical (unpaired) electrons. The molecule has 170 valence electrons. The van der Waals surface area contributed by atoms with Crippen LogP contribution in [0.15, 0.2) is 70.4 Å². The van der Waals surface area contributed by atoms with Crippen molar-refractivity contribution in [2.24, 2.45) is 7.05 Å². The number of benzene rings is 2. The average Bonchev–Trinajstić information content (AvgIpc) is 2.83. The molecule has 4 rings (SSSR count). The van der Waals surface area contributed by atoms with E-state index >= 15 is 0 Å². The Kier molecular flexibility index (Phi) is 6.38. The Bertz CT molecular complexity index is 1530. The molecular formula is C23H16ClFN6O3. The largest absolute Gasteiger partial charge is 0.436 e. The van der Waals surface area contributed by atoms with Crippen LogP contribution in [0.5, 0.6) is 11.6 Å². The van der Waals surface area contributed by atoms with Crippen LogP contribution in [-0.2, 0) is 13.6 Å². The van der Waals surface area contributed by atoms with Crippen molar-refractivity contribution in [2.75, 3.05) is 5.32 Å². The highest BCUT2D eigenvalue weighted by atomic mass is 35.5. The minimum absolute atomic E-state index is 0.0560. The van der Waals surface area contributed by atoms with Crippen molar-refractivity contribution in [3.8, 4) is 17.7 Å². The van der Waals surface area contributed by atoms with Crippen molar-refractivity contribution in [1.82, 2.24) is 19.1 Å². The van der Waals surface area contributed by atoms with E-state index in [4.69, 9.17) is 21.6 Å². The van der Waals surface area contributed by atoms with Gasteiger partial charge in [0, 0.05) is 36.1 Å². The maximum atomic E-state index is 14.7. The summed E-state index contributed by atoms with van der Waals surface area (Å²) in [5, 5.41) is 12.3. The first kappa shape index (κ1) is 22.7. The molecule has 0 bridgehead atoms. The number of nitrogens with zero attached hydrogens (tertiary/aromatic N) is 5. The van der Waals surface area contributed by atoms with E-state index < -0.39 is 17.2 Å². The Morgan fingerprint density at radius 1 is 1.15 bits per heavy atom. The molecule has 2 aromatic heterocycles. The highest BCUT2D eigenvalue weighted by molar-refractivity contribution is 6.30. The van der Waals surface area contributed by atoms with Gasteiger partial charge in [-0.15, -0.1) is 0 Å². The number of halogens is 2. The van der Waals surface area contributed by atoms with Crippen LogP contribution in [-0.4, -0.2) is 19.1 Å². The summed E-state index contributed by atoms with van der Waals surface area (Å²) in [6.45, 7) is 0.101. The molecule has 2 heterocycles. The predicted octanol–water partition coefficient (Wildman–Crippen LogP) is 3.59.